The van der Waals surface area contributed by atoms with Crippen LogP contribution in [0.2, 0.25) is 0 Å². The molecule has 1 aromatic rings. The first-order valence-electron chi connectivity index (χ1n) is 12.3. The third-order valence-corrected chi connectivity index (χ3v) is 6.96. The van der Waals surface area contributed by atoms with E-state index in [0.717, 1.165) is 42.6 Å². The second kappa shape index (κ2) is 11.6. The summed E-state index contributed by atoms with van der Waals surface area (Å²) < 4.78 is 46.7. The number of piperidine rings is 1. The van der Waals surface area contributed by atoms with Gasteiger partial charge < -0.3 is 15.0 Å². The van der Waals surface area contributed by atoms with Crippen molar-refractivity contribution < 1.29 is 32.3 Å². The van der Waals surface area contributed by atoms with E-state index in [2.05, 4.69) is 10.2 Å². The number of hydrogen-bond donors (Lipinski definition) is 2. The van der Waals surface area contributed by atoms with Gasteiger partial charge in [-0.2, -0.15) is 13.2 Å². The summed E-state index contributed by atoms with van der Waals surface area (Å²) in [7, 11) is 0. The number of halogens is 3. The maximum Gasteiger partial charge on any atom is 0.418 e. The molecule has 3 aliphatic heterocycles. The maximum absolute atomic E-state index is 13.6. The van der Waals surface area contributed by atoms with E-state index in [1.54, 1.807) is 4.90 Å². The molecule has 1 aromatic carbocycles. The summed E-state index contributed by atoms with van der Waals surface area (Å²) in [5.74, 6) is -0.249. The number of carbonyl (C=O) groups is 3. The molecule has 0 saturated carbocycles. The Kier molecular flexibility index (Phi) is 8.47. The average Bonchev–Trinajstić information content (AvgIpc) is 2.86. The highest BCUT2D eigenvalue weighted by Gasteiger charge is 2.38. The summed E-state index contributed by atoms with van der Waals surface area (Å²) in [4.78, 5) is 41.3. The van der Waals surface area contributed by atoms with Crippen molar-refractivity contribution in [2.75, 3.05) is 64.1 Å². The van der Waals surface area contributed by atoms with Crippen LogP contribution in [0, 0.1) is 5.92 Å². The molecule has 4 amide bonds. The van der Waals surface area contributed by atoms with Crippen LogP contribution in [0.1, 0.15) is 41.6 Å². The van der Waals surface area contributed by atoms with Gasteiger partial charge in [-0.25, -0.2) is 4.79 Å². The Hall–Kier alpha value is -2.70. The number of hydrogen-bond acceptors (Lipinski definition) is 6. The molecule has 2 N–H and O–H groups in total. The highest BCUT2D eigenvalue weighted by atomic mass is 19.4. The summed E-state index contributed by atoms with van der Waals surface area (Å²) >= 11 is 0. The van der Waals surface area contributed by atoms with E-state index in [1.165, 1.54) is 12.8 Å². The first-order valence-corrected chi connectivity index (χ1v) is 12.3. The number of ether oxygens (including phenoxy) is 1. The number of amides is 4. The van der Waals surface area contributed by atoms with Crippen LogP contribution < -0.4 is 15.5 Å². The van der Waals surface area contributed by atoms with Gasteiger partial charge in [0.1, 0.15) is 0 Å². The molecule has 3 aliphatic rings. The van der Waals surface area contributed by atoms with Crippen LogP contribution >= 0.6 is 0 Å². The van der Waals surface area contributed by atoms with Crippen molar-refractivity contribution in [3.63, 3.8) is 0 Å². The Labute approximate surface area is 207 Å². The lowest BCUT2D eigenvalue weighted by Gasteiger charge is -2.35. The van der Waals surface area contributed by atoms with E-state index in [9.17, 15) is 27.6 Å². The lowest BCUT2D eigenvalue weighted by atomic mass is 9.95. The van der Waals surface area contributed by atoms with Gasteiger partial charge in [-0.3, -0.25) is 24.7 Å². The number of nitrogens with zero attached hydrogens (tertiary/aromatic N) is 3. The summed E-state index contributed by atoms with van der Waals surface area (Å²) in [5, 5.41) is 5.38. The summed E-state index contributed by atoms with van der Waals surface area (Å²) in [6.45, 7) is 5.16. The highest BCUT2D eigenvalue weighted by molar-refractivity contribution is 6.06. The molecule has 0 atom stereocenters. The lowest BCUT2D eigenvalue weighted by molar-refractivity contribution is -0.137. The fraction of sp³-hybridized carbons (Fsp3) is 0.625. The van der Waals surface area contributed by atoms with E-state index in [0.29, 0.717) is 45.4 Å². The molecular formula is C24H32F3N5O4. The minimum absolute atomic E-state index is 0.0642. The van der Waals surface area contributed by atoms with Crippen molar-refractivity contribution >= 4 is 23.5 Å². The number of rotatable bonds is 7. The minimum Gasteiger partial charge on any atom is -0.366 e. The maximum atomic E-state index is 13.6. The van der Waals surface area contributed by atoms with Crippen molar-refractivity contribution in [2.24, 2.45) is 5.92 Å². The van der Waals surface area contributed by atoms with Crippen LogP contribution in [0.15, 0.2) is 18.2 Å². The van der Waals surface area contributed by atoms with E-state index < -0.39 is 35.3 Å². The Bertz CT molecular complexity index is 960. The zero-order valence-corrected chi connectivity index (χ0v) is 20.1. The fourth-order valence-electron chi connectivity index (χ4n) is 4.80. The van der Waals surface area contributed by atoms with Crippen molar-refractivity contribution in [2.45, 2.75) is 31.9 Å². The Morgan fingerprint density at radius 1 is 1.06 bits per heavy atom. The standard InChI is InChI=1S/C24H32F3N5O4/c25-24(26,27)19-2-1-18(15-20(19)32-9-5-21(33)29-23(32)35)22(34)31-12-10-30(11-13-31)16-36-14-6-17-3-7-28-8-4-17/h1-2,15,17,28H,3-14,16H2,(H,29,33,35). The molecular weight excluding hydrogens is 479 g/mol. The molecule has 3 heterocycles. The largest absolute Gasteiger partial charge is 0.418 e. The molecule has 198 valence electrons. The second-order valence-corrected chi connectivity index (χ2v) is 9.41. The average molecular weight is 512 g/mol. The Morgan fingerprint density at radius 2 is 1.78 bits per heavy atom. The molecule has 0 aromatic heterocycles. The van der Waals surface area contributed by atoms with Crippen LogP contribution in [0.3, 0.4) is 0 Å². The number of benzene rings is 1. The molecule has 0 spiro atoms. The predicted molar refractivity (Wildman–Crippen MR) is 125 cm³/mol. The molecule has 0 bridgehead atoms. The van der Waals surface area contributed by atoms with Gasteiger partial charge in [0.25, 0.3) is 5.91 Å². The van der Waals surface area contributed by atoms with E-state index in [-0.39, 0.29) is 18.5 Å². The molecule has 3 saturated heterocycles. The summed E-state index contributed by atoms with van der Waals surface area (Å²) in [6, 6.07) is 2.11. The number of carbonyl (C=O) groups excluding carboxylic acids is 3. The van der Waals surface area contributed by atoms with Crippen molar-refractivity contribution in [3.05, 3.63) is 29.3 Å². The van der Waals surface area contributed by atoms with Crippen molar-refractivity contribution in [3.8, 4) is 0 Å². The number of anilines is 1. The van der Waals surface area contributed by atoms with E-state index in [4.69, 9.17) is 4.74 Å². The number of alkyl halides is 3. The molecule has 0 radical (unpaired) electrons. The first kappa shape index (κ1) is 26.4. The molecule has 3 fully saturated rings. The van der Waals surface area contributed by atoms with Crippen LogP contribution in [-0.2, 0) is 15.7 Å². The van der Waals surface area contributed by atoms with Crippen LogP contribution in [-0.4, -0.2) is 86.8 Å². The lowest BCUT2D eigenvalue weighted by Crippen LogP contribution is -2.50. The molecule has 0 aliphatic carbocycles. The fourth-order valence-corrected chi connectivity index (χ4v) is 4.80. The monoisotopic (exact) mass is 511 g/mol. The van der Waals surface area contributed by atoms with Crippen LogP contribution in [0.25, 0.3) is 0 Å². The number of piperazine rings is 1. The third kappa shape index (κ3) is 6.54. The molecule has 4 rings (SSSR count). The molecule has 9 nitrogen and oxygen atoms in total. The van der Waals surface area contributed by atoms with Crippen molar-refractivity contribution in [1.82, 2.24) is 20.4 Å². The highest BCUT2D eigenvalue weighted by Crippen LogP contribution is 2.38. The molecule has 36 heavy (non-hydrogen) atoms. The molecule has 0 unspecified atom stereocenters. The molecule has 12 heteroatoms. The number of imide groups is 1. The summed E-state index contributed by atoms with van der Waals surface area (Å²) in [5.41, 5.74) is -1.40. The predicted octanol–water partition coefficient (Wildman–Crippen LogP) is 2.27. The van der Waals surface area contributed by atoms with Crippen LogP contribution in [0.5, 0.6) is 0 Å². The van der Waals surface area contributed by atoms with Gasteiger partial charge in [0.05, 0.1) is 18.0 Å². The quantitative estimate of drug-likeness (QED) is 0.546. The zero-order valence-electron chi connectivity index (χ0n) is 20.1. The summed E-state index contributed by atoms with van der Waals surface area (Å²) in [6.07, 6.45) is -1.45. The SMILES string of the molecule is O=C1CCN(c2cc(C(=O)N3CCN(COCCC4CCNCC4)CC3)ccc2C(F)(F)F)C(=O)N1. The zero-order chi connectivity index (χ0) is 25.7. The third-order valence-electron chi connectivity index (χ3n) is 6.96. The van der Waals surface area contributed by atoms with Gasteiger partial charge in [-0.1, -0.05) is 0 Å². The van der Waals surface area contributed by atoms with Gasteiger partial charge in [-0.15, -0.1) is 0 Å². The van der Waals surface area contributed by atoms with E-state index in [1.807, 2.05) is 5.32 Å². The van der Waals surface area contributed by atoms with Gasteiger partial charge >= 0.3 is 12.2 Å². The van der Waals surface area contributed by atoms with Gasteiger partial charge in [0.15, 0.2) is 0 Å². The number of nitrogens with one attached hydrogen (secondary N) is 2. The van der Waals surface area contributed by atoms with Gasteiger partial charge in [0.2, 0.25) is 5.91 Å². The normalized spacial score (nSPS) is 20.5. The second-order valence-electron chi connectivity index (χ2n) is 9.41. The smallest absolute Gasteiger partial charge is 0.366 e. The van der Waals surface area contributed by atoms with Gasteiger partial charge in [-0.05, 0) is 56.5 Å². The number of urea groups is 1. The Morgan fingerprint density at radius 3 is 2.44 bits per heavy atom. The van der Waals surface area contributed by atoms with Crippen molar-refractivity contribution in [1.29, 1.82) is 0 Å². The minimum atomic E-state index is -4.72. The van der Waals surface area contributed by atoms with E-state index >= 15 is 0 Å². The van der Waals surface area contributed by atoms with Crippen LogP contribution in [0.4, 0.5) is 23.7 Å². The Balaban J connectivity index is 1.33. The first-order chi connectivity index (χ1) is 17.2. The van der Waals surface area contributed by atoms with Gasteiger partial charge in [0, 0.05) is 51.3 Å². The topological polar surface area (TPSA) is 94.2 Å².